The quantitative estimate of drug-likeness (QED) is 0.685. The van der Waals surface area contributed by atoms with Crippen LogP contribution in [0.5, 0.6) is 0 Å². The number of allylic oxidation sites excluding steroid dienone is 1. The third kappa shape index (κ3) is 3.17. The molecule has 1 saturated heterocycles. The molecule has 6 heteroatoms. The lowest BCUT2D eigenvalue weighted by atomic mass is 10.0. The van der Waals surface area contributed by atoms with Gasteiger partial charge in [-0.1, -0.05) is 30.3 Å². The maximum Gasteiger partial charge on any atom is 0.254 e. The normalized spacial score (nSPS) is 17.4. The predicted molar refractivity (Wildman–Crippen MR) is 111 cm³/mol. The summed E-state index contributed by atoms with van der Waals surface area (Å²) in [6.07, 6.45) is 1.71. The molecule has 1 N–H and O–H groups in total. The minimum absolute atomic E-state index is 0.0412. The molecule has 3 heterocycles. The molecule has 2 aliphatic heterocycles. The number of Topliss-reactive ketones (excluding diaryl/α,β-unsaturated/α-hetero) is 1. The molecule has 0 unspecified atom stereocenters. The molecule has 0 aliphatic carbocycles. The van der Waals surface area contributed by atoms with E-state index in [0.29, 0.717) is 48.8 Å². The van der Waals surface area contributed by atoms with Crippen molar-refractivity contribution in [2.75, 3.05) is 31.6 Å². The van der Waals surface area contributed by atoms with E-state index >= 15 is 0 Å². The Morgan fingerprint density at radius 1 is 1.07 bits per heavy atom. The van der Waals surface area contributed by atoms with Crippen LogP contribution in [0.25, 0.3) is 17.0 Å². The van der Waals surface area contributed by atoms with E-state index in [1.807, 2.05) is 42.5 Å². The molecule has 29 heavy (non-hydrogen) atoms. The molecule has 1 fully saturated rings. The van der Waals surface area contributed by atoms with E-state index in [9.17, 15) is 9.59 Å². The van der Waals surface area contributed by atoms with Gasteiger partial charge in [-0.05, 0) is 30.3 Å². The van der Waals surface area contributed by atoms with Gasteiger partial charge in [-0.25, -0.2) is 4.98 Å². The summed E-state index contributed by atoms with van der Waals surface area (Å²) in [5.41, 5.74) is 3.77. The lowest BCUT2D eigenvalue weighted by molar-refractivity contribution is 0.0304. The highest BCUT2D eigenvalue weighted by Gasteiger charge is 2.25. The Kier molecular flexibility index (Phi) is 4.33. The van der Waals surface area contributed by atoms with Gasteiger partial charge in [0.15, 0.2) is 0 Å². The number of anilines is 1. The first-order chi connectivity index (χ1) is 14.2. The Labute approximate surface area is 167 Å². The van der Waals surface area contributed by atoms with Crippen molar-refractivity contribution in [2.24, 2.45) is 0 Å². The first-order valence-electron chi connectivity index (χ1n) is 9.60. The molecule has 2 aliphatic rings. The second kappa shape index (κ2) is 7.14. The zero-order valence-electron chi connectivity index (χ0n) is 15.7. The summed E-state index contributed by atoms with van der Waals surface area (Å²) in [5.74, 6) is -0.114. The molecule has 2 aromatic carbocycles. The summed E-state index contributed by atoms with van der Waals surface area (Å²) in [5, 5.41) is 3.96. The SMILES string of the molecule is O=C1/C(=C/c2cc(C(=O)N3CCOCC3)c3ccccc3n2)Nc2ccccc21. The summed E-state index contributed by atoms with van der Waals surface area (Å²) in [6.45, 7) is 2.23. The number of rotatable bonds is 2. The number of benzene rings is 2. The Morgan fingerprint density at radius 3 is 2.66 bits per heavy atom. The summed E-state index contributed by atoms with van der Waals surface area (Å²) in [6, 6.07) is 16.7. The molecule has 3 aromatic rings. The summed E-state index contributed by atoms with van der Waals surface area (Å²) < 4.78 is 5.37. The minimum atomic E-state index is -0.0726. The fourth-order valence-electron chi connectivity index (χ4n) is 3.77. The average Bonchev–Trinajstić information content (AvgIpc) is 3.09. The van der Waals surface area contributed by atoms with Gasteiger partial charge in [0.25, 0.3) is 5.91 Å². The van der Waals surface area contributed by atoms with Crippen LogP contribution in [-0.4, -0.2) is 47.9 Å². The Hall–Kier alpha value is -3.51. The van der Waals surface area contributed by atoms with Gasteiger partial charge in [0, 0.05) is 29.7 Å². The molecule has 0 radical (unpaired) electrons. The van der Waals surface area contributed by atoms with Crippen LogP contribution in [0.4, 0.5) is 5.69 Å². The molecule has 0 bridgehead atoms. The van der Waals surface area contributed by atoms with Crippen molar-refractivity contribution in [3.05, 3.63) is 77.1 Å². The third-order valence-corrected chi connectivity index (χ3v) is 5.24. The number of amides is 1. The maximum atomic E-state index is 13.2. The molecule has 0 atom stereocenters. The summed E-state index contributed by atoms with van der Waals surface area (Å²) >= 11 is 0. The third-order valence-electron chi connectivity index (χ3n) is 5.24. The van der Waals surface area contributed by atoms with Crippen LogP contribution in [0, 0.1) is 0 Å². The van der Waals surface area contributed by atoms with Crippen LogP contribution < -0.4 is 5.32 Å². The number of nitrogens with one attached hydrogen (secondary N) is 1. The number of ether oxygens (including phenoxy) is 1. The molecule has 1 aromatic heterocycles. The van der Waals surface area contributed by atoms with E-state index in [1.54, 1.807) is 23.1 Å². The van der Waals surface area contributed by atoms with E-state index < -0.39 is 0 Å². The number of aromatic nitrogens is 1. The van der Waals surface area contributed by atoms with E-state index in [1.165, 1.54) is 0 Å². The molecular weight excluding hydrogens is 366 g/mol. The number of para-hydroxylation sites is 2. The van der Waals surface area contributed by atoms with Gasteiger partial charge in [0.05, 0.1) is 35.7 Å². The van der Waals surface area contributed by atoms with E-state index in [4.69, 9.17) is 4.74 Å². The number of carbonyl (C=O) groups is 2. The second-order valence-corrected chi connectivity index (χ2v) is 7.07. The largest absolute Gasteiger partial charge is 0.378 e. The number of hydrogen-bond donors (Lipinski definition) is 1. The van der Waals surface area contributed by atoms with Crippen molar-refractivity contribution in [3.8, 4) is 0 Å². The Bertz CT molecular complexity index is 1160. The number of hydrogen-bond acceptors (Lipinski definition) is 5. The predicted octanol–water partition coefficient (Wildman–Crippen LogP) is 3.36. The van der Waals surface area contributed by atoms with Crippen molar-refractivity contribution in [3.63, 3.8) is 0 Å². The fourth-order valence-corrected chi connectivity index (χ4v) is 3.77. The lowest BCUT2D eigenvalue weighted by Gasteiger charge is -2.27. The molecule has 5 rings (SSSR count). The van der Waals surface area contributed by atoms with Crippen LogP contribution in [0.15, 0.2) is 60.3 Å². The molecular formula is C23H19N3O3. The van der Waals surface area contributed by atoms with Gasteiger partial charge >= 0.3 is 0 Å². The highest BCUT2D eigenvalue weighted by atomic mass is 16.5. The first-order valence-corrected chi connectivity index (χ1v) is 9.60. The Balaban J connectivity index is 1.57. The van der Waals surface area contributed by atoms with Crippen LogP contribution in [-0.2, 0) is 4.74 Å². The number of pyridine rings is 1. The molecule has 6 nitrogen and oxygen atoms in total. The first kappa shape index (κ1) is 17.6. The summed E-state index contributed by atoms with van der Waals surface area (Å²) in [4.78, 5) is 32.3. The van der Waals surface area contributed by atoms with Gasteiger partial charge in [-0.15, -0.1) is 0 Å². The monoisotopic (exact) mass is 385 g/mol. The van der Waals surface area contributed by atoms with Crippen LogP contribution in [0.2, 0.25) is 0 Å². The van der Waals surface area contributed by atoms with Gasteiger partial charge in [-0.3, -0.25) is 9.59 Å². The zero-order chi connectivity index (χ0) is 19.8. The fraction of sp³-hybridized carbons (Fsp3) is 0.174. The van der Waals surface area contributed by atoms with Crippen molar-refractivity contribution in [2.45, 2.75) is 0 Å². The number of carbonyl (C=O) groups excluding carboxylic acids is 2. The van der Waals surface area contributed by atoms with Crippen molar-refractivity contribution >= 4 is 34.4 Å². The highest BCUT2D eigenvalue weighted by Crippen LogP contribution is 2.29. The molecule has 1 amide bonds. The topological polar surface area (TPSA) is 71.5 Å². The van der Waals surface area contributed by atoms with Gasteiger partial charge in [0.1, 0.15) is 0 Å². The minimum Gasteiger partial charge on any atom is -0.378 e. The molecule has 0 spiro atoms. The standard InChI is InChI=1S/C23H19N3O3/c27-22-17-6-2-4-8-20(17)25-21(22)14-15-13-18(16-5-1-3-7-19(16)24-15)23(28)26-9-11-29-12-10-26/h1-8,13-14,25H,9-12H2/b21-14-. The lowest BCUT2D eigenvalue weighted by Crippen LogP contribution is -2.40. The maximum absolute atomic E-state index is 13.2. The highest BCUT2D eigenvalue weighted by molar-refractivity contribution is 6.20. The van der Waals surface area contributed by atoms with Gasteiger partial charge in [-0.2, -0.15) is 0 Å². The number of fused-ring (bicyclic) bond motifs is 2. The van der Waals surface area contributed by atoms with Crippen molar-refractivity contribution < 1.29 is 14.3 Å². The number of ketones is 1. The van der Waals surface area contributed by atoms with Gasteiger partial charge < -0.3 is 15.0 Å². The van der Waals surface area contributed by atoms with Crippen molar-refractivity contribution in [1.29, 1.82) is 0 Å². The summed E-state index contributed by atoms with van der Waals surface area (Å²) in [7, 11) is 0. The van der Waals surface area contributed by atoms with Crippen molar-refractivity contribution in [1.82, 2.24) is 9.88 Å². The van der Waals surface area contributed by atoms with E-state index in [0.717, 1.165) is 16.6 Å². The van der Waals surface area contributed by atoms with Crippen LogP contribution in [0.1, 0.15) is 26.4 Å². The molecule has 0 saturated carbocycles. The molecule has 144 valence electrons. The number of nitrogens with zero attached hydrogens (tertiary/aromatic N) is 2. The van der Waals surface area contributed by atoms with Crippen LogP contribution >= 0.6 is 0 Å². The average molecular weight is 385 g/mol. The Morgan fingerprint density at radius 2 is 1.83 bits per heavy atom. The van der Waals surface area contributed by atoms with Crippen LogP contribution in [0.3, 0.4) is 0 Å². The van der Waals surface area contributed by atoms with Gasteiger partial charge in [0.2, 0.25) is 5.78 Å². The van der Waals surface area contributed by atoms with E-state index in [-0.39, 0.29) is 11.7 Å². The smallest absolute Gasteiger partial charge is 0.254 e. The number of morpholine rings is 1. The van der Waals surface area contributed by atoms with E-state index in [2.05, 4.69) is 10.3 Å². The second-order valence-electron chi connectivity index (χ2n) is 7.07. The zero-order valence-corrected chi connectivity index (χ0v) is 15.7.